The number of likely N-dealkylation sites (tertiary alicyclic amines) is 1. The fourth-order valence-corrected chi connectivity index (χ4v) is 4.90. The molecule has 2 saturated heterocycles. The third-order valence-corrected chi connectivity index (χ3v) is 6.91. The molecule has 0 atom stereocenters. The Bertz CT molecular complexity index is 1050. The topological polar surface area (TPSA) is 50.6 Å². The molecule has 0 saturated carbocycles. The molecule has 2 fully saturated rings. The molecule has 0 spiro atoms. The summed E-state index contributed by atoms with van der Waals surface area (Å²) in [7, 11) is 0. The summed E-state index contributed by atoms with van der Waals surface area (Å²) in [6.45, 7) is 6.65. The van der Waals surface area contributed by atoms with Gasteiger partial charge in [0.15, 0.2) is 0 Å². The minimum absolute atomic E-state index is 0.122. The number of rotatable bonds is 6. The minimum Gasteiger partial charge on any atom is -0.379 e. The Hall–Kier alpha value is -2.96. The minimum atomic E-state index is 0.122. The molecule has 2 aliphatic rings. The van der Waals surface area contributed by atoms with Gasteiger partial charge in [0.05, 0.1) is 30.8 Å². The molecule has 172 valence electrons. The van der Waals surface area contributed by atoms with Crippen LogP contribution in [0.5, 0.6) is 0 Å². The smallest absolute Gasteiger partial charge is 0.253 e. The largest absolute Gasteiger partial charge is 0.379 e. The lowest BCUT2D eigenvalue weighted by Crippen LogP contribution is -2.40. The number of nitrogens with zero attached hydrogens (tertiary/aromatic N) is 4. The zero-order chi connectivity index (χ0) is 22.5. The first-order chi connectivity index (χ1) is 16.3. The number of carbonyl (C=O) groups is 1. The van der Waals surface area contributed by atoms with Crippen molar-refractivity contribution in [1.82, 2.24) is 19.6 Å². The number of benzene rings is 2. The van der Waals surface area contributed by atoms with Crippen molar-refractivity contribution in [3.63, 3.8) is 0 Å². The highest BCUT2D eigenvalue weighted by molar-refractivity contribution is 5.94. The van der Waals surface area contributed by atoms with Crippen LogP contribution in [-0.4, -0.2) is 71.4 Å². The summed E-state index contributed by atoms with van der Waals surface area (Å²) in [5.74, 6) is 0.831. The highest BCUT2D eigenvalue weighted by Crippen LogP contribution is 2.25. The van der Waals surface area contributed by atoms with E-state index in [1.807, 2.05) is 58.1 Å². The van der Waals surface area contributed by atoms with Crippen LogP contribution in [0.4, 0.5) is 0 Å². The summed E-state index contributed by atoms with van der Waals surface area (Å²) >= 11 is 0. The first-order valence-corrected chi connectivity index (χ1v) is 12.1. The Morgan fingerprint density at radius 3 is 2.52 bits per heavy atom. The Morgan fingerprint density at radius 2 is 1.73 bits per heavy atom. The SMILES string of the molecule is O=C(c1cccc(-n2nccc2-c2ccccc2)c1)N1CCC(CCN2CCOCC2)CC1. The number of aromatic nitrogens is 2. The molecular formula is C27H32N4O2. The maximum atomic E-state index is 13.3. The van der Waals surface area contributed by atoms with E-state index in [1.54, 1.807) is 6.20 Å². The van der Waals surface area contributed by atoms with Crippen LogP contribution in [0.15, 0.2) is 66.9 Å². The van der Waals surface area contributed by atoms with E-state index in [9.17, 15) is 4.79 Å². The third-order valence-electron chi connectivity index (χ3n) is 6.91. The monoisotopic (exact) mass is 444 g/mol. The number of carbonyl (C=O) groups excluding carboxylic acids is 1. The fraction of sp³-hybridized carbons (Fsp3) is 0.407. The number of hydrogen-bond acceptors (Lipinski definition) is 4. The maximum absolute atomic E-state index is 13.3. The number of piperidine rings is 1. The van der Waals surface area contributed by atoms with Crippen molar-refractivity contribution < 1.29 is 9.53 Å². The molecule has 0 N–H and O–H groups in total. The van der Waals surface area contributed by atoms with Gasteiger partial charge in [-0.2, -0.15) is 5.10 Å². The van der Waals surface area contributed by atoms with Crippen LogP contribution in [-0.2, 0) is 4.74 Å². The van der Waals surface area contributed by atoms with Gasteiger partial charge in [0.25, 0.3) is 5.91 Å². The second-order valence-corrected chi connectivity index (χ2v) is 9.02. The molecule has 1 amide bonds. The van der Waals surface area contributed by atoms with Gasteiger partial charge >= 0.3 is 0 Å². The number of morpholine rings is 1. The van der Waals surface area contributed by atoms with Crippen LogP contribution in [0.25, 0.3) is 16.9 Å². The van der Waals surface area contributed by atoms with Crippen LogP contribution in [0.1, 0.15) is 29.6 Å². The molecule has 6 heteroatoms. The van der Waals surface area contributed by atoms with Crippen LogP contribution < -0.4 is 0 Å². The molecule has 0 unspecified atom stereocenters. The maximum Gasteiger partial charge on any atom is 0.253 e. The van der Waals surface area contributed by atoms with Crippen molar-refractivity contribution in [2.24, 2.45) is 5.92 Å². The van der Waals surface area contributed by atoms with Gasteiger partial charge in [-0.25, -0.2) is 4.68 Å². The summed E-state index contributed by atoms with van der Waals surface area (Å²) < 4.78 is 7.35. The van der Waals surface area contributed by atoms with Gasteiger partial charge in [-0.1, -0.05) is 36.4 Å². The molecule has 6 nitrogen and oxygen atoms in total. The predicted octanol–water partition coefficient (Wildman–Crippen LogP) is 4.11. The molecule has 2 aliphatic heterocycles. The Balaban J connectivity index is 1.21. The molecule has 5 rings (SSSR count). The Labute approximate surface area is 195 Å². The van der Waals surface area contributed by atoms with Gasteiger partial charge in [-0.15, -0.1) is 0 Å². The zero-order valence-corrected chi connectivity index (χ0v) is 19.1. The van der Waals surface area contributed by atoms with E-state index in [0.29, 0.717) is 5.92 Å². The van der Waals surface area contributed by atoms with Gasteiger partial charge in [0, 0.05) is 37.3 Å². The number of hydrogen-bond donors (Lipinski definition) is 0. The van der Waals surface area contributed by atoms with Crippen LogP contribution >= 0.6 is 0 Å². The van der Waals surface area contributed by atoms with Gasteiger partial charge in [0.2, 0.25) is 0 Å². The van der Waals surface area contributed by atoms with E-state index in [4.69, 9.17) is 4.74 Å². The van der Waals surface area contributed by atoms with Gasteiger partial charge in [-0.05, 0) is 56.0 Å². The zero-order valence-electron chi connectivity index (χ0n) is 19.1. The van der Waals surface area contributed by atoms with Crippen molar-refractivity contribution in [3.8, 4) is 16.9 Å². The fourth-order valence-electron chi connectivity index (χ4n) is 4.90. The van der Waals surface area contributed by atoms with Crippen molar-refractivity contribution in [1.29, 1.82) is 0 Å². The van der Waals surface area contributed by atoms with E-state index >= 15 is 0 Å². The normalized spacial score (nSPS) is 17.9. The average molecular weight is 445 g/mol. The molecule has 0 radical (unpaired) electrons. The summed E-state index contributed by atoms with van der Waals surface area (Å²) in [6, 6.07) is 20.1. The lowest BCUT2D eigenvalue weighted by atomic mass is 9.93. The molecule has 0 bridgehead atoms. The van der Waals surface area contributed by atoms with Crippen molar-refractivity contribution in [2.75, 3.05) is 45.9 Å². The number of ether oxygens (including phenoxy) is 1. The summed E-state index contributed by atoms with van der Waals surface area (Å²) in [5, 5.41) is 4.52. The highest BCUT2D eigenvalue weighted by atomic mass is 16.5. The highest BCUT2D eigenvalue weighted by Gasteiger charge is 2.24. The van der Waals surface area contributed by atoms with E-state index in [-0.39, 0.29) is 5.91 Å². The molecule has 3 aromatic rings. The van der Waals surface area contributed by atoms with E-state index in [1.165, 1.54) is 6.42 Å². The van der Waals surface area contributed by atoms with Crippen molar-refractivity contribution in [2.45, 2.75) is 19.3 Å². The lowest BCUT2D eigenvalue weighted by Gasteiger charge is -2.34. The van der Waals surface area contributed by atoms with Gasteiger partial charge < -0.3 is 9.64 Å². The predicted molar refractivity (Wildman–Crippen MR) is 130 cm³/mol. The molecule has 1 aromatic heterocycles. The van der Waals surface area contributed by atoms with Crippen LogP contribution in [0.2, 0.25) is 0 Å². The summed E-state index contributed by atoms with van der Waals surface area (Å²) in [5.41, 5.74) is 3.76. The number of amides is 1. The quantitative estimate of drug-likeness (QED) is 0.574. The lowest BCUT2D eigenvalue weighted by molar-refractivity contribution is 0.0332. The molecule has 3 heterocycles. The van der Waals surface area contributed by atoms with Crippen LogP contribution in [0.3, 0.4) is 0 Å². The average Bonchev–Trinajstić information content (AvgIpc) is 3.39. The first-order valence-electron chi connectivity index (χ1n) is 12.1. The molecule has 33 heavy (non-hydrogen) atoms. The molecule has 0 aliphatic carbocycles. The van der Waals surface area contributed by atoms with Gasteiger partial charge in [0.1, 0.15) is 0 Å². The third kappa shape index (κ3) is 5.18. The second kappa shape index (κ2) is 10.3. The van der Waals surface area contributed by atoms with E-state index < -0.39 is 0 Å². The van der Waals surface area contributed by atoms with Crippen molar-refractivity contribution >= 4 is 5.91 Å². The Kier molecular flexibility index (Phi) is 6.84. The van der Waals surface area contributed by atoms with Crippen LogP contribution in [0, 0.1) is 5.92 Å². The Morgan fingerprint density at radius 1 is 0.939 bits per heavy atom. The molecule has 2 aromatic carbocycles. The first kappa shape index (κ1) is 21.9. The summed E-state index contributed by atoms with van der Waals surface area (Å²) in [6.07, 6.45) is 5.21. The van der Waals surface area contributed by atoms with E-state index in [0.717, 1.165) is 81.3 Å². The van der Waals surface area contributed by atoms with E-state index in [2.05, 4.69) is 22.1 Å². The standard InChI is InChI=1S/C27H32N4O2/c32-27(30-15-11-22(12-16-30)10-14-29-17-19-33-20-18-29)24-7-4-8-25(21-24)31-26(9-13-28-31)23-5-2-1-3-6-23/h1-9,13,21-22H,10-12,14-20H2. The second-order valence-electron chi connectivity index (χ2n) is 9.02. The summed E-state index contributed by atoms with van der Waals surface area (Å²) in [4.78, 5) is 17.8. The van der Waals surface area contributed by atoms with Gasteiger partial charge in [-0.3, -0.25) is 9.69 Å². The van der Waals surface area contributed by atoms with Crippen molar-refractivity contribution in [3.05, 3.63) is 72.4 Å². The molecular weight excluding hydrogens is 412 g/mol.